The second-order valence-corrected chi connectivity index (χ2v) is 7.02. The summed E-state index contributed by atoms with van der Waals surface area (Å²) >= 11 is 0. The highest BCUT2D eigenvalue weighted by Crippen LogP contribution is 2.43. The number of amides is 1. The maximum atomic E-state index is 13.4. The van der Waals surface area contributed by atoms with E-state index in [1.54, 1.807) is 0 Å². The third-order valence-corrected chi connectivity index (χ3v) is 5.51. The second-order valence-electron chi connectivity index (χ2n) is 7.02. The van der Waals surface area contributed by atoms with E-state index in [1.165, 1.54) is 11.1 Å². The molecule has 0 aromatic heterocycles. The van der Waals surface area contributed by atoms with Crippen molar-refractivity contribution in [2.24, 2.45) is 0 Å². The fraction of sp³-hybridized carbons (Fsp3) is 0.632. The average molecular weight is 316 g/mol. The first-order valence-electron chi connectivity index (χ1n) is 8.85. The Bertz CT molecular complexity index is 544. The predicted molar refractivity (Wildman–Crippen MR) is 91.4 cm³/mol. The average Bonchev–Trinajstić information content (AvgIpc) is 3.06. The Balaban J connectivity index is 1.78. The lowest BCUT2D eigenvalue weighted by atomic mass is 9.77. The molecule has 3 rings (SSSR count). The number of carbonyl (C=O) groups is 1. The number of aryl methyl sites for hydroxylation is 1. The maximum Gasteiger partial charge on any atom is 0.233 e. The summed E-state index contributed by atoms with van der Waals surface area (Å²) in [6.07, 6.45) is 4.24. The summed E-state index contributed by atoms with van der Waals surface area (Å²) in [5, 5.41) is 9.06. The second kappa shape index (κ2) is 7.02. The zero-order valence-electron chi connectivity index (χ0n) is 14.1. The van der Waals surface area contributed by atoms with Gasteiger partial charge in [-0.05, 0) is 25.3 Å². The van der Waals surface area contributed by atoms with Gasteiger partial charge in [-0.25, -0.2) is 0 Å². The zero-order valence-corrected chi connectivity index (χ0v) is 14.1. The quantitative estimate of drug-likeness (QED) is 0.923. The topological polar surface area (TPSA) is 43.8 Å². The number of aliphatic hydroxyl groups excluding tert-OH is 1. The summed E-state index contributed by atoms with van der Waals surface area (Å²) in [7, 11) is 0. The van der Waals surface area contributed by atoms with Crippen LogP contribution in [0.25, 0.3) is 0 Å². The van der Waals surface area contributed by atoms with Gasteiger partial charge < -0.3 is 10.0 Å². The van der Waals surface area contributed by atoms with Crippen LogP contribution in [0.3, 0.4) is 0 Å². The molecule has 1 saturated heterocycles. The Morgan fingerprint density at radius 1 is 1.17 bits per heavy atom. The molecule has 1 aliphatic carbocycles. The van der Waals surface area contributed by atoms with E-state index in [0.717, 1.165) is 51.9 Å². The molecule has 1 aromatic carbocycles. The first-order chi connectivity index (χ1) is 11.2. The van der Waals surface area contributed by atoms with E-state index in [1.807, 2.05) is 0 Å². The summed E-state index contributed by atoms with van der Waals surface area (Å²) in [6.45, 7) is 6.32. The van der Waals surface area contributed by atoms with Crippen molar-refractivity contribution in [2.75, 3.05) is 39.3 Å². The van der Waals surface area contributed by atoms with E-state index < -0.39 is 0 Å². The van der Waals surface area contributed by atoms with Crippen LogP contribution in [0, 0.1) is 6.92 Å². The number of hydrogen-bond donors (Lipinski definition) is 1. The molecule has 1 saturated carbocycles. The van der Waals surface area contributed by atoms with Gasteiger partial charge >= 0.3 is 0 Å². The van der Waals surface area contributed by atoms with Crippen LogP contribution in [0.15, 0.2) is 24.3 Å². The molecule has 0 unspecified atom stereocenters. The smallest absolute Gasteiger partial charge is 0.233 e. The molecule has 1 aromatic rings. The number of hydrogen-bond acceptors (Lipinski definition) is 3. The Kier molecular flexibility index (Phi) is 5.02. The third kappa shape index (κ3) is 3.29. The van der Waals surface area contributed by atoms with Gasteiger partial charge in [0, 0.05) is 32.7 Å². The van der Waals surface area contributed by atoms with Crippen molar-refractivity contribution in [2.45, 2.75) is 38.0 Å². The van der Waals surface area contributed by atoms with Gasteiger partial charge in [-0.2, -0.15) is 0 Å². The normalized spacial score (nSPS) is 21.6. The summed E-state index contributed by atoms with van der Waals surface area (Å²) in [5.41, 5.74) is 2.14. The lowest BCUT2D eigenvalue weighted by Crippen LogP contribution is -2.54. The van der Waals surface area contributed by atoms with Gasteiger partial charge in [-0.3, -0.25) is 9.69 Å². The van der Waals surface area contributed by atoms with Crippen LogP contribution in [0.1, 0.15) is 36.8 Å². The van der Waals surface area contributed by atoms with Gasteiger partial charge in [0.2, 0.25) is 5.91 Å². The Morgan fingerprint density at radius 2 is 1.87 bits per heavy atom. The largest absolute Gasteiger partial charge is 0.395 e. The molecule has 1 amide bonds. The van der Waals surface area contributed by atoms with Gasteiger partial charge in [0.1, 0.15) is 0 Å². The number of aliphatic hydroxyl groups is 1. The molecule has 2 aliphatic rings. The van der Waals surface area contributed by atoms with Gasteiger partial charge in [0.15, 0.2) is 0 Å². The van der Waals surface area contributed by atoms with Crippen LogP contribution in [0.2, 0.25) is 0 Å². The van der Waals surface area contributed by atoms with Crippen LogP contribution in [-0.4, -0.2) is 60.1 Å². The molecule has 2 fully saturated rings. The standard InChI is InChI=1S/C19H28N2O2/c1-16-5-4-6-17(15-16)19(7-2-3-8-19)18(23)21-11-9-20(10-12-21)13-14-22/h4-6,15,22H,2-3,7-14H2,1H3. The molecule has 4 nitrogen and oxygen atoms in total. The highest BCUT2D eigenvalue weighted by molar-refractivity contribution is 5.88. The van der Waals surface area contributed by atoms with Crippen LogP contribution >= 0.6 is 0 Å². The number of carbonyl (C=O) groups excluding carboxylic acids is 1. The molecule has 0 radical (unpaired) electrons. The minimum absolute atomic E-state index is 0.196. The number of rotatable bonds is 4. The summed E-state index contributed by atoms with van der Waals surface area (Å²) in [6, 6.07) is 8.52. The molecular weight excluding hydrogens is 288 g/mol. The Labute approximate surface area is 139 Å². The van der Waals surface area contributed by atoms with Crippen molar-refractivity contribution in [3.8, 4) is 0 Å². The lowest BCUT2D eigenvalue weighted by Gasteiger charge is -2.40. The van der Waals surface area contributed by atoms with E-state index in [9.17, 15) is 4.79 Å². The van der Waals surface area contributed by atoms with E-state index in [4.69, 9.17) is 5.11 Å². The molecule has 4 heteroatoms. The van der Waals surface area contributed by atoms with Crippen LogP contribution < -0.4 is 0 Å². The highest BCUT2D eigenvalue weighted by atomic mass is 16.3. The third-order valence-electron chi connectivity index (χ3n) is 5.51. The highest BCUT2D eigenvalue weighted by Gasteiger charge is 2.45. The van der Waals surface area contributed by atoms with E-state index in [-0.39, 0.29) is 12.0 Å². The van der Waals surface area contributed by atoms with Gasteiger partial charge in [0.05, 0.1) is 12.0 Å². The van der Waals surface area contributed by atoms with Gasteiger partial charge in [-0.15, -0.1) is 0 Å². The minimum Gasteiger partial charge on any atom is -0.395 e. The fourth-order valence-corrected chi connectivity index (χ4v) is 4.17. The molecule has 1 aliphatic heterocycles. The maximum absolute atomic E-state index is 13.4. The van der Waals surface area contributed by atoms with Gasteiger partial charge in [0.25, 0.3) is 0 Å². The van der Waals surface area contributed by atoms with Crippen LogP contribution in [0.4, 0.5) is 0 Å². The van der Waals surface area contributed by atoms with Crippen LogP contribution in [0.5, 0.6) is 0 Å². The number of benzene rings is 1. The minimum atomic E-state index is -0.300. The molecular formula is C19H28N2O2. The molecule has 126 valence electrons. The molecule has 1 heterocycles. The van der Waals surface area contributed by atoms with E-state index in [0.29, 0.717) is 12.5 Å². The number of nitrogens with zero attached hydrogens (tertiary/aromatic N) is 2. The molecule has 0 bridgehead atoms. The molecule has 23 heavy (non-hydrogen) atoms. The number of β-amino-alcohol motifs (C(OH)–C–C–N with tert-alkyl or cyclic N) is 1. The molecule has 0 spiro atoms. The van der Waals surface area contributed by atoms with Crippen molar-refractivity contribution in [1.29, 1.82) is 0 Å². The number of piperazine rings is 1. The first-order valence-corrected chi connectivity index (χ1v) is 8.85. The van der Waals surface area contributed by atoms with Crippen molar-refractivity contribution < 1.29 is 9.90 Å². The predicted octanol–water partition coefficient (Wildman–Crippen LogP) is 1.94. The zero-order chi connectivity index (χ0) is 16.3. The summed E-state index contributed by atoms with van der Waals surface area (Å²) < 4.78 is 0. The van der Waals surface area contributed by atoms with E-state index in [2.05, 4.69) is 41.0 Å². The SMILES string of the molecule is Cc1cccc(C2(C(=O)N3CCN(CCO)CC3)CCCC2)c1. The lowest BCUT2D eigenvalue weighted by molar-refractivity contribution is -0.139. The fourth-order valence-electron chi connectivity index (χ4n) is 4.17. The van der Waals surface area contributed by atoms with Crippen molar-refractivity contribution in [1.82, 2.24) is 9.80 Å². The van der Waals surface area contributed by atoms with Crippen LogP contribution in [-0.2, 0) is 10.2 Å². The first kappa shape index (κ1) is 16.5. The summed E-state index contributed by atoms with van der Waals surface area (Å²) in [5.74, 6) is 0.323. The molecule has 1 N–H and O–H groups in total. The monoisotopic (exact) mass is 316 g/mol. The van der Waals surface area contributed by atoms with Crippen molar-refractivity contribution in [3.05, 3.63) is 35.4 Å². The molecule has 0 atom stereocenters. The Morgan fingerprint density at radius 3 is 2.48 bits per heavy atom. The Hall–Kier alpha value is -1.39. The van der Waals surface area contributed by atoms with Gasteiger partial charge in [-0.1, -0.05) is 42.7 Å². The van der Waals surface area contributed by atoms with Crippen molar-refractivity contribution >= 4 is 5.91 Å². The summed E-state index contributed by atoms with van der Waals surface area (Å²) in [4.78, 5) is 17.6. The van der Waals surface area contributed by atoms with E-state index >= 15 is 0 Å². The van der Waals surface area contributed by atoms with Crippen molar-refractivity contribution in [3.63, 3.8) is 0 Å².